The molecule has 0 fully saturated rings. The number of pyridine rings is 1. The molecule has 124 valence electrons. The summed E-state index contributed by atoms with van der Waals surface area (Å²) in [5.74, 6) is -1.05. The fourth-order valence-electron chi connectivity index (χ4n) is 2.88. The maximum Gasteiger partial charge on any atom is 0.353 e. The minimum absolute atomic E-state index is 0.117. The Hall–Kier alpha value is -3.04. The van der Waals surface area contributed by atoms with Crippen molar-refractivity contribution in [2.75, 3.05) is 6.26 Å². The third-order valence-corrected chi connectivity index (χ3v) is 4.85. The first-order valence-electron chi connectivity index (χ1n) is 7.50. The quantitative estimate of drug-likeness (QED) is 0.719. The number of nitriles is 1. The van der Waals surface area contributed by atoms with E-state index in [1.54, 1.807) is 17.8 Å². The fraction of sp³-hybridized carbons (Fsp3) is 0.105. The summed E-state index contributed by atoms with van der Waals surface area (Å²) in [4.78, 5) is 16.1. The maximum atomic E-state index is 11.8. The van der Waals surface area contributed by atoms with Crippen LogP contribution in [0, 0.1) is 11.3 Å². The van der Waals surface area contributed by atoms with Crippen molar-refractivity contribution in [3.05, 3.63) is 59.9 Å². The maximum absolute atomic E-state index is 11.8. The van der Waals surface area contributed by atoms with E-state index in [2.05, 4.69) is 11.1 Å². The second kappa shape index (κ2) is 6.83. The highest BCUT2D eigenvalue weighted by molar-refractivity contribution is 7.98. The number of aromatic carboxylic acids is 1. The predicted octanol–water partition coefficient (Wildman–Crippen LogP) is 4.05. The lowest BCUT2D eigenvalue weighted by atomic mass is 9.99. The average Bonchev–Trinajstić information content (AvgIpc) is 2.94. The molecule has 1 N–H and O–H groups in total. The Morgan fingerprint density at radius 2 is 1.88 bits per heavy atom. The summed E-state index contributed by atoms with van der Waals surface area (Å²) < 4.78 is 1.56. The van der Waals surface area contributed by atoms with Gasteiger partial charge < -0.3 is 9.67 Å². The molecular formula is C19H15N3O2S. The predicted molar refractivity (Wildman–Crippen MR) is 97.5 cm³/mol. The lowest BCUT2D eigenvalue weighted by Gasteiger charge is -2.06. The van der Waals surface area contributed by atoms with Crippen molar-refractivity contribution in [1.29, 1.82) is 5.26 Å². The molecule has 5 nitrogen and oxygen atoms in total. The summed E-state index contributed by atoms with van der Waals surface area (Å²) in [5, 5.41) is 19.8. The van der Waals surface area contributed by atoms with E-state index in [9.17, 15) is 15.2 Å². The number of hydrogen-bond acceptors (Lipinski definition) is 4. The SMILES string of the molecule is CSc1c(C#N)c(-c2ccc(-c3ccccn3)cc2)c(C(=O)O)n1C. The third-order valence-electron chi connectivity index (χ3n) is 3.98. The lowest BCUT2D eigenvalue weighted by molar-refractivity contribution is 0.0686. The van der Waals surface area contributed by atoms with Crippen molar-refractivity contribution in [3.63, 3.8) is 0 Å². The van der Waals surface area contributed by atoms with Crippen LogP contribution in [0.15, 0.2) is 53.7 Å². The van der Waals surface area contributed by atoms with E-state index >= 15 is 0 Å². The number of benzene rings is 1. The van der Waals surface area contributed by atoms with Gasteiger partial charge in [0.05, 0.1) is 16.3 Å². The fourth-order valence-corrected chi connectivity index (χ4v) is 3.59. The number of carboxylic acid groups (broad SMARTS) is 1. The highest BCUT2D eigenvalue weighted by atomic mass is 32.2. The largest absolute Gasteiger partial charge is 0.477 e. The van der Waals surface area contributed by atoms with E-state index in [4.69, 9.17) is 0 Å². The van der Waals surface area contributed by atoms with Crippen LogP contribution in [0.1, 0.15) is 16.1 Å². The van der Waals surface area contributed by atoms with Gasteiger partial charge in [0.1, 0.15) is 11.8 Å². The first-order valence-corrected chi connectivity index (χ1v) is 8.72. The highest BCUT2D eigenvalue weighted by Crippen LogP contribution is 2.36. The molecule has 0 atom stereocenters. The van der Waals surface area contributed by atoms with Crippen LogP contribution in [0.5, 0.6) is 0 Å². The molecule has 0 spiro atoms. The Morgan fingerprint density at radius 3 is 2.40 bits per heavy atom. The number of carbonyl (C=O) groups is 1. The van der Waals surface area contributed by atoms with Crippen LogP contribution in [0.4, 0.5) is 0 Å². The number of aromatic nitrogens is 2. The summed E-state index contributed by atoms with van der Waals surface area (Å²) in [6.45, 7) is 0. The topological polar surface area (TPSA) is 78.9 Å². The Kier molecular flexibility index (Phi) is 4.59. The Bertz CT molecular complexity index is 971. The molecule has 0 unspecified atom stereocenters. The Morgan fingerprint density at radius 1 is 1.20 bits per heavy atom. The minimum atomic E-state index is -1.05. The molecule has 0 aliphatic carbocycles. The molecule has 6 heteroatoms. The molecule has 25 heavy (non-hydrogen) atoms. The number of thioether (sulfide) groups is 1. The van der Waals surface area contributed by atoms with Crippen LogP contribution in [-0.2, 0) is 7.05 Å². The van der Waals surface area contributed by atoms with Crippen LogP contribution in [-0.4, -0.2) is 26.9 Å². The van der Waals surface area contributed by atoms with E-state index in [1.807, 2.05) is 48.7 Å². The molecule has 3 rings (SSSR count). The first kappa shape index (κ1) is 16.8. The van der Waals surface area contributed by atoms with E-state index in [0.29, 0.717) is 21.7 Å². The van der Waals surface area contributed by atoms with Crippen molar-refractivity contribution in [1.82, 2.24) is 9.55 Å². The Labute approximate surface area is 149 Å². The van der Waals surface area contributed by atoms with Gasteiger partial charge in [0.25, 0.3) is 0 Å². The molecule has 2 heterocycles. The first-order chi connectivity index (χ1) is 12.1. The molecule has 0 aliphatic rings. The average molecular weight is 349 g/mol. The van der Waals surface area contributed by atoms with Gasteiger partial charge in [-0.15, -0.1) is 11.8 Å². The van der Waals surface area contributed by atoms with Crippen molar-refractivity contribution in [2.24, 2.45) is 7.05 Å². The number of carboxylic acids is 1. The summed E-state index contributed by atoms with van der Waals surface area (Å²) >= 11 is 1.36. The summed E-state index contributed by atoms with van der Waals surface area (Å²) in [6, 6.07) is 15.3. The molecular weight excluding hydrogens is 334 g/mol. The molecule has 0 saturated heterocycles. The van der Waals surface area contributed by atoms with Crippen LogP contribution in [0.25, 0.3) is 22.4 Å². The zero-order chi connectivity index (χ0) is 18.0. The van der Waals surface area contributed by atoms with E-state index < -0.39 is 5.97 Å². The molecule has 2 aromatic heterocycles. The van der Waals surface area contributed by atoms with Crippen molar-refractivity contribution in [2.45, 2.75) is 5.03 Å². The van der Waals surface area contributed by atoms with Crippen LogP contribution in [0.3, 0.4) is 0 Å². The second-order valence-electron chi connectivity index (χ2n) is 5.38. The van der Waals surface area contributed by atoms with Gasteiger partial charge in [-0.05, 0) is 24.0 Å². The Balaban J connectivity index is 2.17. The third kappa shape index (κ3) is 2.90. The highest BCUT2D eigenvalue weighted by Gasteiger charge is 2.26. The van der Waals surface area contributed by atoms with Gasteiger partial charge in [0, 0.05) is 24.4 Å². The van der Waals surface area contributed by atoms with Crippen LogP contribution >= 0.6 is 11.8 Å². The second-order valence-corrected chi connectivity index (χ2v) is 6.17. The lowest BCUT2D eigenvalue weighted by Crippen LogP contribution is -2.06. The monoisotopic (exact) mass is 349 g/mol. The van der Waals surface area contributed by atoms with Gasteiger partial charge in [-0.2, -0.15) is 5.26 Å². The van der Waals surface area contributed by atoms with Crippen molar-refractivity contribution < 1.29 is 9.90 Å². The van der Waals surface area contributed by atoms with Gasteiger partial charge in [0.15, 0.2) is 0 Å². The number of rotatable bonds is 4. The molecule has 0 aliphatic heterocycles. The molecule has 0 radical (unpaired) electrons. The van der Waals surface area contributed by atoms with E-state index in [-0.39, 0.29) is 5.69 Å². The molecule has 0 amide bonds. The minimum Gasteiger partial charge on any atom is -0.477 e. The van der Waals surface area contributed by atoms with Crippen molar-refractivity contribution >= 4 is 17.7 Å². The van der Waals surface area contributed by atoms with Gasteiger partial charge in [-0.25, -0.2) is 4.79 Å². The normalized spacial score (nSPS) is 10.4. The number of nitrogens with zero attached hydrogens (tertiary/aromatic N) is 3. The number of hydrogen-bond donors (Lipinski definition) is 1. The summed E-state index contributed by atoms with van der Waals surface area (Å²) in [6.07, 6.45) is 3.55. The van der Waals surface area contributed by atoms with Gasteiger partial charge in [0.2, 0.25) is 0 Å². The molecule has 3 aromatic rings. The smallest absolute Gasteiger partial charge is 0.353 e. The summed E-state index contributed by atoms with van der Waals surface area (Å²) in [5.41, 5.74) is 3.43. The zero-order valence-corrected chi connectivity index (χ0v) is 14.5. The molecule has 1 aromatic carbocycles. The van der Waals surface area contributed by atoms with E-state index in [1.165, 1.54) is 11.8 Å². The van der Waals surface area contributed by atoms with Gasteiger partial charge >= 0.3 is 5.97 Å². The standard InChI is InChI=1S/C19H15N3O2S/c1-22-17(19(23)24)16(14(11-20)18(22)25-2)13-8-6-12(7-9-13)15-5-3-4-10-21-15/h3-10H,1-2H3,(H,23,24). The van der Waals surface area contributed by atoms with Crippen LogP contribution in [0.2, 0.25) is 0 Å². The van der Waals surface area contributed by atoms with Crippen LogP contribution < -0.4 is 0 Å². The molecule has 0 bridgehead atoms. The van der Waals surface area contributed by atoms with Crippen molar-refractivity contribution in [3.8, 4) is 28.5 Å². The van der Waals surface area contributed by atoms with E-state index in [0.717, 1.165) is 11.3 Å². The zero-order valence-electron chi connectivity index (χ0n) is 13.7. The molecule has 0 saturated carbocycles. The summed E-state index contributed by atoms with van der Waals surface area (Å²) in [7, 11) is 1.67. The van der Waals surface area contributed by atoms with Gasteiger partial charge in [-0.1, -0.05) is 30.3 Å². The van der Waals surface area contributed by atoms with Gasteiger partial charge in [-0.3, -0.25) is 4.98 Å².